The highest BCUT2D eigenvalue weighted by atomic mass is 16.2. The SMILES string of the molecule is Cc1cccc(N2CCC(NC(=O)C3CCN(C(=O)c4ccncc4)CC3)CC2)c1. The van der Waals surface area contributed by atoms with Gasteiger partial charge in [0.25, 0.3) is 5.91 Å². The summed E-state index contributed by atoms with van der Waals surface area (Å²) in [5, 5.41) is 3.27. The maximum atomic E-state index is 12.8. The monoisotopic (exact) mass is 406 g/mol. The Labute approximate surface area is 178 Å². The molecule has 2 amide bonds. The Morgan fingerprint density at radius 1 is 0.967 bits per heavy atom. The topological polar surface area (TPSA) is 65.5 Å². The number of rotatable bonds is 4. The molecule has 2 saturated heterocycles. The van der Waals surface area contributed by atoms with Gasteiger partial charge in [0.15, 0.2) is 0 Å². The molecule has 0 unspecified atom stereocenters. The van der Waals surface area contributed by atoms with Crippen molar-refractivity contribution in [3.8, 4) is 0 Å². The highest BCUT2D eigenvalue weighted by Gasteiger charge is 2.29. The summed E-state index contributed by atoms with van der Waals surface area (Å²) in [5.74, 6) is 0.182. The number of piperidine rings is 2. The van der Waals surface area contributed by atoms with Gasteiger partial charge in [0.05, 0.1) is 0 Å². The van der Waals surface area contributed by atoms with Gasteiger partial charge in [-0.1, -0.05) is 12.1 Å². The molecule has 1 aromatic carbocycles. The number of nitrogens with one attached hydrogen (secondary N) is 1. The van der Waals surface area contributed by atoms with E-state index in [1.165, 1.54) is 11.3 Å². The molecule has 3 heterocycles. The van der Waals surface area contributed by atoms with Crippen LogP contribution in [0.5, 0.6) is 0 Å². The number of amides is 2. The highest BCUT2D eigenvalue weighted by Crippen LogP contribution is 2.23. The van der Waals surface area contributed by atoms with Crippen LogP contribution in [0.4, 0.5) is 5.69 Å². The van der Waals surface area contributed by atoms with Crippen LogP contribution in [0.2, 0.25) is 0 Å². The van der Waals surface area contributed by atoms with E-state index in [9.17, 15) is 9.59 Å². The lowest BCUT2D eigenvalue weighted by molar-refractivity contribution is -0.127. The lowest BCUT2D eigenvalue weighted by Gasteiger charge is -2.36. The van der Waals surface area contributed by atoms with Gasteiger partial charge in [-0.2, -0.15) is 0 Å². The van der Waals surface area contributed by atoms with Crippen LogP contribution in [-0.4, -0.2) is 53.9 Å². The standard InChI is InChI=1S/C24H30N4O2/c1-18-3-2-4-22(17-18)27-15-9-21(10-16-27)26-23(29)19-7-13-28(14-8-19)24(30)20-5-11-25-12-6-20/h2-6,11-12,17,19,21H,7-10,13-16H2,1H3,(H,26,29). The minimum Gasteiger partial charge on any atom is -0.371 e. The molecule has 2 fully saturated rings. The first-order chi connectivity index (χ1) is 14.6. The van der Waals surface area contributed by atoms with Crippen LogP contribution in [0.3, 0.4) is 0 Å². The molecule has 6 heteroatoms. The quantitative estimate of drug-likeness (QED) is 0.848. The van der Waals surface area contributed by atoms with Crippen LogP contribution in [0, 0.1) is 12.8 Å². The first-order valence-electron chi connectivity index (χ1n) is 10.9. The van der Waals surface area contributed by atoms with E-state index in [1.807, 2.05) is 4.90 Å². The first-order valence-corrected chi connectivity index (χ1v) is 10.9. The second-order valence-corrected chi connectivity index (χ2v) is 8.41. The van der Waals surface area contributed by atoms with Gasteiger partial charge < -0.3 is 15.1 Å². The Morgan fingerprint density at radius 2 is 1.67 bits per heavy atom. The zero-order valence-corrected chi connectivity index (χ0v) is 17.6. The second-order valence-electron chi connectivity index (χ2n) is 8.41. The average molecular weight is 407 g/mol. The van der Waals surface area contributed by atoms with E-state index >= 15 is 0 Å². The molecule has 30 heavy (non-hydrogen) atoms. The third-order valence-electron chi connectivity index (χ3n) is 6.29. The summed E-state index contributed by atoms with van der Waals surface area (Å²) >= 11 is 0. The Kier molecular flexibility index (Phi) is 6.31. The summed E-state index contributed by atoms with van der Waals surface area (Å²) in [6, 6.07) is 12.3. The molecule has 6 nitrogen and oxygen atoms in total. The average Bonchev–Trinajstić information content (AvgIpc) is 2.80. The van der Waals surface area contributed by atoms with Gasteiger partial charge in [-0.05, 0) is 62.4 Å². The molecule has 1 aromatic heterocycles. The molecule has 0 saturated carbocycles. The van der Waals surface area contributed by atoms with Gasteiger partial charge in [-0.25, -0.2) is 0 Å². The Morgan fingerprint density at radius 3 is 2.33 bits per heavy atom. The van der Waals surface area contributed by atoms with E-state index in [0.717, 1.165) is 38.8 Å². The molecule has 2 aliphatic heterocycles. The molecule has 1 N–H and O–H groups in total. The number of nitrogens with zero attached hydrogens (tertiary/aromatic N) is 3. The number of aryl methyl sites for hydroxylation is 1. The largest absolute Gasteiger partial charge is 0.371 e. The second kappa shape index (κ2) is 9.28. The van der Waals surface area contributed by atoms with Crippen molar-refractivity contribution in [2.24, 2.45) is 5.92 Å². The summed E-state index contributed by atoms with van der Waals surface area (Å²) in [4.78, 5) is 33.5. The number of likely N-dealkylation sites (tertiary alicyclic amines) is 1. The van der Waals surface area contributed by atoms with Crippen molar-refractivity contribution in [3.05, 3.63) is 59.9 Å². The van der Waals surface area contributed by atoms with Crippen molar-refractivity contribution >= 4 is 17.5 Å². The van der Waals surface area contributed by atoms with Gasteiger partial charge >= 0.3 is 0 Å². The van der Waals surface area contributed by atoms with Gasteiger partial charge in [-0.15, -0.1) is 0 Å². The predicted molar refractivity (Wildman–Crippen MR) is 117 cm³/mol. The lowest BCUT2D eigenvalue weighted by atomic mass is 9.94. The molecule has 0 bridgehead atoms. The highest BCUT2D eigenvalue weighted by molar-refractivity contribution is 5.94. The summed E-state index contributed by atoms with van der Waals surface area (Å²) in [5.41, 5.74) is 3.20. The number of hydrogen-bond acceptors (Lipinski definition) is 4. The van der Waals surface area contributed by atoms with Crippen LogP contribution in [-0.2, 0) is 4.79 Å². The molecular formula is C24H30N4O2. The number of carbonyl (C=O) groups is 2. The zero-order valence-electron chi connectivity index (χ0n) is 17.6. The summed E-state index contributed by atoms with van der Waals surface area (Å²) in [6.07, 6.45) is 6.67. The van der Waals surface area contributed by atoms with Gasteiger partial charge in [0.2, 0.25) is 5.91 Å². The molecular weight excluding hydrogens is 376 g/mol. The zero-order chi connectivity index (χ0) is 20.9. The Balaban J connectivity index is 1.22. The van der Waals surface area contributed by atoms with Gasteiger partial charge in [0, 0.05) is 61.8 Å². The molecule has 2 aromatic rings. The van der Waals surface area contributed by atoms with E-state index in [4.69, 9.17) is 0 Å². The number of anilines is 1. The van der Waals surface area contributed by atoms with Crippen molar-refractivity contribution in [2.45, 2.75) is 38.6 Å². The fourth-order valence-corrected chi connectivity index (χ4v) is 4.45. The van der Waals surface area contributed by atoms with Crippen LogP contribution < -0.4 is 10.2 Å². The number of pyridine rings is 1. The number of carbonyl (C=O) groups excluding carboxylic acids is 2. The predicted octanol–water partition coefficient (Wildman–Crippen LogP) is 3.03. The molecule has 0 spiro atoms. The molecule has 4 rings (SSSR count). The van der Waals surface area contributed by atoms with E-state index in [2.05, 4.69) is 46.4 Å². The minimum absolute atomic E-state index is 0.00120. The van der Waals surface area contributed by atoms with Crippen molar-refractivity contribution in [1.82, 2.24) is 15.2 Å². The molecule has 0 radical (unpaired) electrons. The minimum atomic E-state index is 0.00120. The molecule has 0 aliphatic carbocycles. The smallest absolute Gasteiger partial charge is 0.253 e. The van der Waals surface area contributed by atoms with E-state index in [-0.39, 0.29) is 23.8 Å². The summed E-state index contributed by atoms with van der Waals surface area (Å²) in [7, 11) is 0. The fourth-order valence-electron chi connectivity index (χ4n) is 4.45. The van der Waals surface area contributed by atoms with Crippen LogP contribution in [0.15, 0.2) is 48.8 Å². The van der Waals surface area contributed by atoms with Crippen LogP contribution in [0.1, 0.15) is 41.6 Å². The third-order valence-corrected chi connectivity index (χ3v) is 6.29. The third kappa shape index (κ3) is 4.81. The molecule has 158 valence electrons. The van der Waals surface area contributed by atoms with Crippen LogP contribution in [0.25, 0.3) is 0 Å². The van der Waals surface area contributed by atoms with Gasteiger partial charge in [-0.3, -0.25) is 14.6 Å². The summed E-state index contributed by atoms with van der Waals surface area (Å²) < 4.78 is 0. The van der Waals surface area contributed by atoms with Crippen molar-refractivity contribution in [3.63, 3.8) is 0 Å². The first kappa shape index (κ1) is 20.4. The van der Waals surface area contributed by atoms with Crippen LogP contribution >= 0.6 is 0 Å². The van der Waals surface area contributed by atoms with Gasteiger partial charge in [0.1, 0.15) is 0 Å². The number of benzene rings is 1. The van der Waals surface area contributed by atoms with E-state index in [1.54, 1.807) is 24.5 Å². The summed E-state index contributed by atoms with van der Waals surface area (Å²) in [6.45, 7) is 5.31. The van der Waals surface area contributed by atoms with E-state index in [0.29, 0.717) is 18.7 Å². The van der Waals surface area contributed by atoms with Crippen molar-refractivity contribution < 1.29 is 9.59 Å². The maximum Gasteiger partial charge on any atom is 0.253 e. The normalized spacial score (nSPS) is 18.3. The Bertz CT molecular complexity index is 870. The molecule has 0 atom stereocenters. The lowest BCUT2D eigenvalue weighted by Crippen LogP contribution is -2.48. The maximum absolute atomic E-state index is 12.8. The fraction of sp³-hybridized carbons (Fsp3) is 0.458. The molecule has 2 aliphatic rings. The van der Waals surface area contributed by atoms with Crippen molar-refractivity contribution in [1.29, 1.82) is 0 Å². The van der Waals surface area contributed by atoms with E-state index < -0.39 is 0 Å². The van der Waals surface area contributed by atoms with Crippen molar-refractivity contribution in [2.75, 3.05) is 31.1 Å². The number of aromatic nitrogens is 1. The number of hydrogen-bond donors (Lipinski definition) is 1. The Hall–Kier alpha value is -2.89.